The third-order valence-electron chi connectivity index (χ3n) is 6.07. The maximum Gasteiger partial charge on any atom is 0.241 e. The molecule has 1 aromatic rings. The molecule has 0 aromatic heterocycles. The van der Waals surface area contributed by atoms with E-state index in [4.69, 9.17) is 0 Å². The summed E-state index contributed by atoms with van der Waals surface area (Å²) in [6.07, 6.45) is 6.94. The second-order valence-corrected chi connectivity index (χ2v) is 8.04. The molecular formula is C21H28F3N3O2. The number of likely N-dealkylation sites (tertiary alicyclic amines) is 1. The number of rotatable bonds is 5. The van der Waals surface area contributed by atoms with Crippen LogP contribution in [0.2, 0.25) is 0 Å². The maximum atomic E-state index is 13.8. The number of amides is 2. The van der Waals surface area contributed by atoms with Gasteiger partial charge in [-0.3, -0.25) is 14.5 Å². The lowest BCUT2D eigenvalue weighted by atomic mass is 9.92. The second kappa shape index (κ2) is 9.61. The lowest BCUT2D eigenvalue weighted by Gasteiger charge is -2.35. The molecule has 1 aromatic carbocycles. The average molecular weight is 411 g/mol. The number of hydrogen-bond donors (Lipinski definition) is 2. The fourth-order valence-electron chi connectivity index (χ4n) is 4.14. The van der Waals surface area contributed by atoms with E-state index in [0.717, 1.165) is 37.8 Å². The van der Waals surface area contributed by atoms with Gasteiger partial charge in [0, 0.05) is 12.0 Å². The lowest BCUT2D eigenvalue weighted by molar-refractivity contribution is -0.128. The van der Waals surface area contributed by atoms with Gasteiger partial charge in [0.15, 0.2) is 17.5 Å². The Kier molecular flexibility index (Phi) is 7.16. The molecule has 0 radical (unpaired) electrons. The van der Waals surface area contributed by atoms with E-state index in [-0.39, 0.29) is 23.6 Å². The number of benzene rings is 1. The van der Waals surface area contributed by atoms with E-state index < -0.39 is 29.4 Å². The van der Waals surface area contributed by atoms with E-state index in [9.17, 15) is 22.8 Å². The number of hydrogen-bond acceptors (Lipinski definition) is 3. The molecule has 8 heteroatoms. The molecule has 1 aliphatic carbocycles. The number of carbonyl (C=O) groups is 2. The molecule has 1 saturated heterocycles. The number of anilines is 1. The molecule has 2 amide bonds. The molecule has 1 atom stereocenters. The largest absolute Gasteiger partial charge is 0.353 e. The van der Waals surface area contributed by atoms with Gasteiger partial charge in [0.1, 0.15) is 0 Å². The summed E-state index contributed by atoms with van der Waals surface area (Å²) < 4.78 is 40.1. The van der Waals surface area contributed by atoms with Crippen molar-refractivity contribution >= 4 is 17.5 Å². The fraction of sp³-hybridized carbons (Fsp3) is 0.619. The van der Waals surface area contributed by atoms with Crippen LogP contribution in [0.1, 0.15) is 51.9 Å². The molecule has 0 unspecified atom stereocenters. The van der Waals surface area contributed by atoms with Gasteiger partial charge < -0.3 is 10.6 Å². The van der Waals surface area contributed by atoms with Gasteiger partial charge in [0.25, 0.3) is 0 Å². The summed E-state index contributed by atoms with van der Waals surface area (Å²) in [5, 5.41) is 5.48. The quantitative estimate of drug-likeness (QED) is 0.728. The zero-order valence-electron chi connectivity index (χ0n) is 16.6. The van der Waals surface area contributed by atoms with Crippen molar-refractivity contribution in [3.05, 3.63) is 29.6 Å². The van der Waals surface area contributed by atoms with Crippen LogP contribution >= 0.6 is 0 Å². The monoisotopic (exact) mass is 411 g/mol. The van der Waals surface area contributed by atoms with Gasteiger partial charge in [0.05, 0.1) is 11.7 Å². The molecular weight excluding hydrogens is 383 g/mol. The molecule has 0 spiro atoms. The smallest absolute Gasteiger partial charge is 0.241 e. The highest BCUT2D eigenvalue weighted by Crippen LogP contribution is 2.24. The molecule has 5 nitrogen and oxygen atoms in total. The third-order valence-corrected chi connectivity index (χ3v) is 6.07. The first kappa shape index (κ1) is 21.6. The Morgan fingerprint density at radius 3 is 2.31 bits per heavy atom. The standard InChI is InChI=1S/C21H28F3N3O2/c1-13(20(28)26-17-8-7-16(22)18(23)19(17)24)27-11-9-14(10-12-27)21(29)25-15-5-3-2-4-6-15/h7-8,13-15H,2-6,9-12H2,1H3,(H,25,29)(H,26,28)/t13-/m0/s1. The van der Waals surface area contributed by atoms with Gasteiger partial charge in [-0.2, -0.15) is 0 Å². The first-order chi connectivity index (χ1) is 13.9. The molecule has 1 heterocycles. The van der Waals surface area contributed by atoms with E-state index in [0.29, 0.717) is 25.9 Å². The molecule has 2 N–H and O–H groups in total. The summed E-state index contributed by atoms with van der Waals surface area (Å²) in [4.78, 5) is 26.8. The minimum atomic E-state index is -1.61. The Labute approximate surface area is 169 Å². The summed E-state index contributed by atoms with van der Waals surface area (Å²) in [6, 6.07) is 1.48. The van der Waals surface area contributed by atoms with Crippen LogP contribution < -0.4 is 10.6 Å². The number of nitrogens with zero attached hydrogens (tertiary/aromatic N) is 1. The summed E-state index contributed by atoms with van der Waals surface area (Å²) in [6.45, 7) is 2.81. The highest BCUT2D eigenvalue weighted by molar-refractivity contribution is 5.94. The summed E-state index contributed by atoms with van der Waals surface area (Å²) in [5.74, 6) is -4.80. The van der Waals surface area contributed by atoms with Crippen molar-refractivity contribution in [1.29, 1.82) is 0 Å². The molecule has 1 aliphatic heterocycles. The van der Waals surface area contributed by atoms with Crippen LogP contribution in [0.5, 0.6) is 0 Å². The Balaban J connectivity index is 1.49. The highest BCUT2D eigenvalue weighted by atomic mass is 19.2. The number of carbonyl (C=O) groups excluding carboxylic acids is 2. The zero-order chi connectivity index (χ0) is 21.0. The first-order valence-corrected chi connectivity index (χ1v) is 10.4. The van der Waals surface area contributed by atoms with Crippen molar-refractivity contribution in [3.8, 4) is 0 Å². The van der Waals surface area contributed by atoms with E-state index >= 15 is 0 Å². The molecule has 1 saturated carbocycles. The molecule has 0 bridgehead atoms. The fourth-order valence-corrected chi connectivity index (χ4v) is 4.14. The van der Waals surface area contributed by atoms with E-state index in [2.05, 4.69) is 10.6 Å². The predicted molar refractivity (Wildman–Crippen MR) is 104 cm³/mol. The summed E-state index contributed by atoms with van der Waals surface area (Å²) >= 11 is 0. The average Bonchev–Trinajstić information content (AvgIpc) is 2.74. The maximum absolute atomic E-state index is 13.8. The van der Waals surface area contributed by atoms with Gasteiger partial charge in [-0.1, -0.05) is 19.3 Å². The van der Waals surface area contributed by atoms with Gasteiger partial charge in [-0.05, 0) is 57.8 Å². The Morgan fingerprint density at radius 2 is 1.66 bits per heavy atom. The van der Waals surface area contributed by atoms with Crippen LogP contribution in [0.3, 0.4) is 0 Å². The normalized spacial score (nSPS) is 20.3. The van der Waals surface area contributed by atoms with E-state index in [1.165, 1.54) is 6.42 Å². The predicted octanol–water partition coefficient (Wildman–Crippen LogP) is 3.59. The SMILES string of the molecule is C[C@@H](C(=O)Nc1ccc(F)c(F)c1F)N1CCC(C(=O)NC2CCCCC2)CC1. The van der Waals surface area contributed by atoms with Crippen LogP contribution in [0.25, 0.3) is 0 Å². The van der Waals surface area contributed by atoms with E-state index in [1.807, 2.05) is 4.90 Å². The topological polar surface area (TPSA) is 61.4 Å². The summed E-state index contributed by atoms with van der Waals surface area (Å²) in [7, 11) is 0. The minimum absolute atomic E-state index is 0.0629. The minimum Gasteiger partial charge on any atom is -0.353 e. The second-order valence-electron chi connectivity index (χ2n) is 8.04. The Hall–Kier alpha value is -2.09. The van der Waals surface area contributed by atoms with Gasteiger partial charge in [-0.15, -0.1) is 0 Å². The number of piperidine rings is 1. The molecule has 2 aliphatic rings. The summed E-state index contributed by atoms with van der Waals surface area (Å²) in [5.41, 5.74) is -0.387. The number of nitrogens with one attached hydrogen (secondary N) is 2. The third kappa shape index (κ3) is 5.29. The van der Waals surface area contributed by atoms with Crippen LogP contribution in [-0.2, 0) is 9.59 Å². The van der Waals surface area contributed by atoms with Gasteiger partial charge in [-0.25, -0.2) is 13.2 Å². The van der Waals surface area contributed by atoms with Crippen molar-refractivity contribution in [2.24, 2.45) is 5.92 Å². The molecule has 2 fully saturated rings. The van der Waals surface area contributed by atoms with Crippen molar-refractivity contribution in [1.82, 2.24) is 10.2 Å². The van der Waals surface area contributed by atoms with Crippen molar-refractivity contribution in [3.63, 3.8) is 0 Å². The van der Waals surface area contributed by atoms with Crippen LogP contribution in [0.4, 0.5) is 18.9 Å². The Morgan fingerprint density at radius 1 is 1.00 bits per heavy atom. The van der Waals surface area contributed by atoms with Crippen LogP contribution in [-0.4, -0.2) is 41.9 Å². The van der Waals surface area contributed by atoms with Crippen molar-refractivity contribution < 1.29 is 22.8 Å². The van der Waals surface area contributed by atoms with Crippen molar-refractivity contribution in [2.75, 3.05) is 18.4 Å². The van der Waals surface area contributed by atoms with Crippen LogP contribution in [0.15, 0.2) is 12.1 Å². The van der Waals surface area contributed by atoms with Crippen LogP contribution in [0, 0.1) is 23.4 Å². The van der Waals surface area contributed by atoms with Gasteiger partial charge >= 0.3 is 0 Å². The van der Waals surface area contributed by atoms with E-state index in [1.54, 1.807) is 6.92 Å². The Bertz CT molecular complexity index is 745. The molecule has 160 valence electrons. The van der Waals surface area contributed by atoms with Crippen molar-refractivity contribution in [2.45, 2.75) is 64.0 Å². The molecule has 29 heavy (non-hydrogen) atoms. The van der Waals surface area contributed by atoms with Gasteiger partial charge in [0.2, 0.25) is 11.8 Å². The number of halogens is 3. The lowest BCUT2D eigenvalue weighted by Crippen LogP contribution is -2.49. The molecule has 3 rings (SSSR count). The highest BCUT2D eigenvalue weighted by Gasteiger charge is 2.31. The zero-order valence-corrected chi connectivity index (χ0v) is 16.6. The first-order valence-electron chi connectivity index (χ1n) is 10.4.